The molecule has 0 unspecified atom stereocenters. The molecular weight excluding hydrogens is 322 g/mol. The minimum Gasteiger partial charge on any atom is -0.425 e. The van der Waals surface area contributed by atoms with E-state index in [2.05, 4.69) is 26.0 Å². The van der Waals surface area contributed by atoms with Gasteiger partial charge in [0.2, 0.25) is 0 Å². The van der Waals surface area contributed by atoms with Gasteiger partial charge in [-0.1, -0.05) is 64.7 Å². The SMILES string of the molecule is CCCCCCC/C=C/c1nc2ccccc2c(OC(=O)CC)c1CC. The molecule has 0 bridgehead atoms. The second-order valence-corrected chi connectivity index (χ2v) is 6.61. The zero-order valence-corrected chi connectivity index (χ0v) is 16.4. The number of pyridine rings is 1. The second-order valence-electron chi connectivity index (χ2n) is 6.61. The number of ether oxygens (including phenoxy) is 1. The summed E-state index contributed by atoms with van der Waals surface area (Å²) in [6.45, 7) is 6.13. The minimum absolute atomic E-state index is 0.207. The number of esters is 1. The van der Waals surface area contributed by atoms with Crippen LogP contribution in [0.5, 0.6) is 5.75 Å². The molecule has 1 heterocycles. The number of aromatic nitrogens is 1. The maximum Gasteiger partial charge on any atom is 0.310 e. The summed E-state index contributed by atoms with van der Waals surface area (Å²) in [7, 11) is 0. The number of carbonyl (C=O) groups is 1. The van der Waals surface area contributed by atoms with Gasteiger partial charge >= 0.3 is 5.97 Å². The fourth-order valence-corrected chi connectivity index (χ4v) is 3.08. The Hall–Kier alpha value is -2.16. The summed E-state index contributed by atoms with van der Waals surface area (Å²) in [5.74, 6) is 0.467. The highest BCUT2D eigenvalue weighted by Crippen LogP contribution is 2.32. The molecule has 0 spiro atoms. The highest BCUT2D eigenvalue weighted by atomic mass is 16.5. The van der Waals surface area contributed by atoms with Gasteiger partial charge in [-0.05, 0) is 37.5 Å². The molecule has 0 amide bonds. The van der Waals surface area contributed by atoms with Crippen LogP contribution in [0.25, 0.3) is 17.0 Å². The zero-order valence-electron chi connectivity index (χ0n) is 16.4. The number of fused-ring (bicyclic) bond motifs is 1. The van der Waals surface area contributed by atoms with E-state index in [1.165, 1.54) is 32.1 Å². The van der Waals surface area contributed by atoms with E-state index in [0.29, 0.717) is 12.2 Å². The number of unbranched alkanes of at least 4 members (excludes halogenated alkanes) is 5. The van der Waals surface area contributed by atoms with Crippen LogP contribution in [0.1, 0.15) is 77.0 Å². The molecule has 0 aliphatic rings. The number of hydrogen-bond donors (Lipinski definition) is 0. The number of para-hydroxylation sites is 1. The molecule has 0 atom stereocenters. The van der Waals surface area contributed by atoms with Crippen molar-refractivity contribution in [3.8, 4) is 5.75 Å². The first-order valence-electron chi connectivity index (χ1n) is 10.00. The fraction of sp³-hybridized carbons (Fsp3) is 0.478. The second kappa shape index (κ2) is 10.7. The van der Waals surface area contributed by atoms with Crippen LogP contribution in [0, 0.1) is 0 Å². The third kappa shape index (κ3) is 5.42. The van der Waals surface area contributed by atoms with Gasteiger partial charge in [-0.3, -0.25) is 4.79 Å². The third-order valence-electron chi connectivity index (χ3n) is 4.58. The Kier molecular flexibility index (Phi) is 8.33. The molecule has 0 aliphatic heterocycles. The first kappa shape index (κ1) is 20.2. The van der Waals surface area contributed by atoms with Gasteiger partial charge in [0.25, 0.3) is 0 Å². The standard InChI is InChI=1S/C23H31NO2/c1-4-7-8-9-10-11-12-16-20-18(5-2)23(26-22(25)6-3)19-15-13-14-17-21(19)24-20/h12-17H,4-11H2,1-3H3/b16-12+. The molecule has 2 aromatic rings. The van der Waals surface area contributed by atoms with Gasteiger partial charge in [-0.2, -0.15) is 0 Å². The molecule has 1 aromatic carbocycles. The van der Waals surface area contributed by atoms with Crippen molar-refractivity contribution >= 4 is 22.9 Å². The number of nitrogens with zero attached hydrogens (tertiary/aromatic N) is 1. The predicted molar refractivity (Wildman–Crippen MR) is 109 cm³/mol. The van der Waals surface area contributed by atoms with E-state index >= 15 is 0 Å². The van der Waals surface area contributed by atoms with Crippen LogP contribution in [0.15, 0.2) is 30.3 Å². The van der Waals surface area contributed by atoms with Crippen molar-refractivity contribution in [3.63, 3.8) is 0 Å². The monoisotopic (exact) mass is 353 g/mol. The van der Waals surface area contributed by atoms with Crippen LogP contribution in [0.2, 0.25) is 0 Å². The van der Waals surface area contributed by atoms with Gasteiger partial charge < -0.3 is 4.74 Å². The van der Waals surface area contributed by atoms with Crippen molar-refractivity contribution in [1.82, 2.24) is 4.98 Å². The van der Waals surface area contributed by atoms with Gasteiger partial charge in [0.15, 0.2) is 0 Å². The smallest absolute Gasteiger partial charge is 0.310 e. The van der Waals surface area contributed by atoms with Gasteiger partial charge in [-0.15, -0.1) is 0 Å². The predicted octanol–water partition coefficient (Wildman–Crippen LogP) is 6.49. The third-order valence-corrected chi connectivity index (χ3v) is 4.58. The van der Waals surface area contributed by atoms with Crippen molar-refractivity contribution in [2.24, 2.45) is 0 Å². The lowest BCUT2D eigenvalue weighted by atomic mass is 10.0. The molecule has 0 saturated heterocycles. The average molecular weight is 354 g/mol. The Morgan fingerprint density at radius 2 is 1.85 bits per heavy atom. The quantitative estimate of drug-likeness (QED) is 0.362. The fourth-order valence-electron chi connectivity index (χ4n) is 3.08. The van der Waals surface area contributed by atoms with Crippen LogP contribution in [-0.4, -0.2) is 11.0 Å². The molecular formula is C23H31NO2. The van der Waals surface area contributed by atoms with Crippen LogP contribution in [-0.2, 0) is 11.2 Å². The van der Waals surface area contributed by atoms with Crippen molar-refractivity contribution in [3.05, 3.63) is 41.6 Å². The Balaban J connectivity index is 2.26. The highest BCUT2D eigenvalue weighted by Gasteiger charge is 2.16. The highest BCUT2D eigenvalue weighted by molar-refractivity contribution is 5.90. The molecule has 3 nitrogen and oxygen atoms in total. The molecule has 1 aromatic heterocycles. The molecule has 0 radical (unpaired) electrons. The van der Waals surface area contributed by atoms with Crippen LogP contribution >= 0.6 is 0 Å². The van der Waals surface area contributed by atoms with E-state index < -0.39 is 0 Å². The molecule has 140 valence electrons. The molecule has 26 heavy (non-hydrogen) atoms. The minimum atomic E-state index is -0.207. The molecule has 0 fully saturated rings. The zero-order chi connectivity index (χ0) is 18.8. The van der Waals surface area contributed by atoms with Crippen molar-refractivity contribution in [2.45, 2.75) is 72.1 Å². The lowest BCUT2D eigenvalue weighted by molar-refractivity contribution is -0.133. The summed E-state index contributed by atoms with van der Waals surface area (Å²) in [6.07, 6.45) is 12.9. The van der Waals surface area contributed by atoms with E-state index in [1.807, 2.05) is 31.2 Å². The molecule has 3 heteroatoms. The first-order valence-corrected chi connectivity index (χ1v) is 10.00. The topological polar surface area (TPSA) is 39.2 Å². The molecule has 0 saturated carbocycles. The lowest BCUT2D eigenvalue weighted by Gasteiger charge is -2.14. The summed E-state index contributed by atoms with van der Waals surface area (Å²) in [4.78, 5) is 16.7. The van der Waals surface area contributed by atoms with Gasteiger partial charge in [0, 0.05) is 17.4 Å². The number of carbonyl (C=O) groups excluding carboxylic acids is 1. The Bertz CT molecular complexity index is 749. The van der Waals surface area contributed by atoms with E-state index in [-0.39, 0.29) is 5.97 Å². The number of allylic oxidation sites excluding steroid dienone is 1. The number of benzene rings is 1. The summed E-state index contributed by atoms with van der Waals surface area (Å²) in [5.41, 5.74) is 2.79. The van der Waals surface area contributed by atoms with Gasteiger partial charge in [-0.25, -0.2) is 4.98 Å². The van der Waals surface area contributed by atoms with E-state index in [9.17, 15) is 4.79 Å². The Morgan fingerprint density at radius 1 is 1.08 bits per heavy atom. The lowest BCUT2D eigenvalue weighted by Crippen LogP contribution is -2.09. The average Bonchev–Trinajstić information content (AvgIpc) is 2.67. The van der Waals surface area contributed by atoms with Crippen molar-refractivity contribution in [2.75, 3.05) is 0 Å². The summed E-state index contributed by atoms with van der Waals surface area (Å²) >= 11 is 0. The van der Waals surface area contributed by atoms with E-state index in [1.54, 1.807) is 0 Å². The van der Waals surface area contributed by atoms with Crippen LogP contribution in [0.4, 0.5) is 0 Å². The van der Waals surface area contributed by atoms with E-state index in [0.717, 1.165) is 35.0 Å². The molecule has 2 rings (SSSR count). The maximum absolute atomic E-state index is 11.9. The van der Waals surface area contributed by atoms with E-state index in [4.69, 9.17) is 9.72 Å². The summed E-state index contributed by atoms with van der Waals surface area (Å²) in [6, 6.07) is 7.87. The molecule has 0 N–H and O–H groups in total. The maximum atomic E-state index is 11.9. The summed E-state index contributed by atoms with van der Waals surface area (Å²) < 4.78 is 5.70. The largest absolute Gasteiger partial charge is 0.425 e. The van der Waals surface area contributed by atoms with Crippen molar-refractivity contribution < 1.29 is 9.53 Å². The van der Waals surface area contributed by atoms with Gasteiger partial charge in [0.1, 0.15) is 5.75 Å². The number of rotatable bonds is 10. The Labute approximate surface area is 157 Å². The van der Waals surface area contributed by atoms with Crippen LogP contribution < -0.4 is 4.74 Å². The summed E-state index contributed by atoms with van der Waals surface area (Å²) in [5, 5.41) is 0.905. The van der Waals surface area contributed by atoms with Crippen molar-refractivity contribution in [1.29, 1.82) is 0 Å². The Morgan fingerprint density at radius 3 is 2.58 bits per heavy atom. The normalized spacial score (nSPS) is 11.3. The molecule has 0 aliphatic carbocycles. The van der Waals surface area contributed by atoms with Gasteiger partial charge in [0.05, 0.1) is 11.2 Å². The first-order chi connectivity index (χ1) is 12.7. The number of hydrogen-bond acceptors (Lipinski definition) is 3. The van der Waals surface area contributed by atoms with Crippen LogP contribution in [0.3, 0.4) is 0 Å².